The third kappa shape index (κ3) is 3.81. The lowest BCUT2D eigenvalue weighted by atomic mass is 10.1. The van der Waals surface area contributed by atoms with Gasteiger partial charge in [0, 0.05) is 17.8 Å². The molecule has 0 atom stereocenters. The molecule has 1 aromatic heterocycles. The Morgan fingerprint density at radius 1 is 1.27 bits per heavy atom. The zero-order valence-electron chi connectivity index (χ0n) is 13.5. The lowest BCUT2D eigenvalue weighted by molar-refractivity contribution is 0.102. The third-order valence-electron chi connectivity index (χ3n) is 3.31. The highest BCUT2D eigenvalue weighted by Crippen LogP contribution is 2.21. The van der Waals surface area contributed by atoms with Gasteiger partial charge in [0.25, 0.3) is 5.91 Å². The van der Waals surface area contributed by atoms with Crippen LogP contribution in [0.2, 0.25) is 0 Å². The molecule has 2 aromatic rings. The van der Waals surface area contributed by atoms with Crippen LogP contribution in [0.25, 0.3) is 0 Å². The summed E-state index contributed by atoms with van der Waals surface area (Å²) in [4.78, 5) is 20.6. The van der Waals surface area contributed by atoms with Crippen LogP contribution in [0.1, 0.15) is 42.4 Å². The van der Waals surface area contributed by atoms with Gasteiger partial charge in [0.05, 0.1) is 0 Å². The Hall–Kier alpha value is -2.43. The molecule has 0 saturated carbocycles. The van der Waals surface area contributed by atoms with Gasteiger partial charge in [0.15, 0.2) is 0 Å². The molecular formula is C17H22N4O. The Morgan fingerprint density at radius 2 is 2.05 bits per heavy atom. The molecule has 5 nitrogen and oxygen atoms in total. The highest BCUT2D eigenvalue weighted by molar-refractivity contribution is 6.04. The highest BCUT2D eigenvalue weighted by atomic mass is 16.1. The Labute approximate surface area is 131 Å². The van der Waals surface area contributed by atoms with Crippen LogP contribution in [-0.2, 0) is 6.42 Å². The molecule has 0 aliphatic rings. The summed E-state index contributed by atoms with van der Waals surface area (Å²) < 4.78 is 0. The van der Waals surface area contributed by atoms with E-state index in [-0.39, 0.29) is 11.9 Å². The summed E-state index contributed by atoms with van der Waals surface area (Å²) in [5.41, 5.74) is 3.38. The molecule has 22 heavy (non-hydrogen) atoms. The summed E-state index contributed by atoms with van der Waals surface area (Å²) in [6.45, 7) is 8.09. The van der Waals surface area contributed by atoms with Gasteiger partial charge in [-0.2, -0.15) is 0 Å². The first kappa shape index (κ1) is 15.9. The van der Waals surface area contributed by atoms with Crippen molar-refractivity contribution in [2.24, 2.45) is 0 Å². The quantitative estimate of drug-likeness (QED) is 0.887. The molecule has 0 bridgehead atoms. The number of anilines is 2. The monoisotopic (exact) mass is 298 g/mol. The van der Waals surface area contributed by atoms with E-state index in [1.165, 1.54) is 6.33 Å². The van der Waals surface area contributed by atoms with Gasteiger partial charge in [0.2, 0.25) is 0 Å². The Bertz CT molecular complexity index is 667. The fourth-order valence-electron chi connectivity index (χ4n) is 2.24. The SMILES string of the molecule is CCc1cccc(C)c1NC(=O)c1cc(NC(C)C)ncn1. The van der Waals surface area contributed by atoms with Crippen molar-refractivity contribution in [2.75, 3.05) is 10.6 Å². The molecule has 1 aromatic carbocycles. The van der Waals surface area contributed by atoms with Gasteiger partial charge in [-0.05, 0) is 38.3 Å². The Balaban J connectivity index is 2.23. The molecule has 0 aliphatic heterocycles. The average Bonchev–Trinajstić information content (AvgIpc) is 2.48. The third-order valence-corrected chi connectivity index (χ3v) is 3.31. The smallest absolute Gasteiger partial charge is 0.274 e. The lowest BCUT2D eigenvalue weighted by Crippen LogP contribution is -2.17. The first-order valence-corrected chi connectivity index (χ1v) is 7.49. The van der Waals surface area contributed by atoms with Crippen molar-refractivity contribution in [1.82, 2.24) is 9.97 Å². The summed E-state index contributed by atoms with van der Waals surface area (Å²) in [7, 11) is 0. The van der Waals surface area contributed by atoms with E-state index in [2.05, 4.69) is 27.5 Å². The lowest BCUT2D eigenvalue weighted by Gasteiger charge is -2.13. The molecule has 0 aliphatic carbocycles. The fraction of sp³-hybridized carbons (Fsp3) is 0.353. The predicted molar refractivity (Wildman–Crippen MR) is 89.3 cm³/mol. The van der Waals surface area contributed by atoms with Crippen LogP contribution in [0, 0.1) is 6.92 Å². The first-order valence-electron chi connectivity index (χ1n) is 7.49. The van der Waals surface area contributed by atoms with Crippen molar-refractivity contribution in [3.8, 4) is 0 Å². The van der Waals surface area contributed by atoms with Gasteiger partial charge in [-0.15, -0.1) is 0 Å². The molecular weight excluding hydrogens is 276 g/mol. The zero-order valence-corrected chi connectivity index (χ0v) is 13.5. The summed E-state index contributed by atoms with van der Waals surface area (Å²) in [5, 5.41) is 6.14. The van der Waals surface area contributed by atoms with Crippen molar-refractivity contribution in [3.63, 3.8) is 0 Å². The number of carbonyl (C=O) groups excluding carboxylic acids is 1. The zero-order chi connectivity index (χ0) is 16.1. The van der Waals surface area contributed by atoms with E-state index >= 15 is 0 Å². The van der Waals surface area contributed by atoms with Gasteiger partial charge in [-0.25, -0.2) is 9.97 Å². The number of carbonyl (C=O) groups is 1. The second kappa shape index (κ2) is 7.02. The molecule has 2 N–H and O–H groups in total. The largest absolute Gasteiger partial charge is 0.368 e. The molecule has 0 saturated heterocycles. The number of aryl methyl sites for hydroxylation is 2. The molecule has 0 radical (unpaired) electrons. The van der Waals surface area contributed by atoms with E-state index < -0.39 is 0 Å². The van der Waals surface area contributed by atoms with Crippen LogP contribution in [0.15, 0.2) is 30.6 Å². The molecule has 5 heteroatoms. The van der Waals surface area contributed by atoms with Crippen molar-refractivity contribution in [2.45, 2.75) is 40.2 Å². The maximum absolute atomic E-state index is 12.4. The number of nitrogens with zero attached hydrogens (tertiary/aromatic N) is 2. The number of rotatable bonds is 5. The molecule has 116 valence electrons. The number of amides is 1. The van der Waals surface area contributed by atoms with Crippen LogP contribution in [0.4, 0.5) is 11.5 Å². The number of aromatic nitrogens is 2. The van der Waals surface area contributed by atoms with Crippen molar-refractivity contribution in [3.05, 3.63) is 47.4 Å². The first-order chi connectivity index (χ1) is 10.5. The molecule has 2 rings (SSSR count). The van der Waals surface area contributed by atoms with Crippen LogP contribution in [-0.4, -0.2) is 21.9 Å². The van der Waals surface area contributed by atoms with E-state index in [1.54, 1.807) is 6.07 Å². The van der Waals surface area contributed by atoms with Crippen molar-refractivity contribution < 1.29 is 4.79 Å². The van der Waals surface area contributed by atoms with Crippen LogP contribution in [0.3, 0.4) is 0 Å². The average molecular weight is 298 g/mol. The number of hydrogen-bond acceptors (Lipinski definition) is 4. The van der Waals surface area contributed by atoms with E-state index in [4.69, 9.17) is 0 Å². The van der Waals surface area contributed by atoms with E-state index in [1.807, 2.05) is 39.0 Å². The van der Waals surface area contributed by atoms with Crippen LogP contribution >= 0.6 is 0 Å². The fourth-order valence-corrected chi connectivity index (χ4v) is 2.24. The Morgan fingerprint density at radius 3 is 2.73 bits per heavy atom. The van der Waals surface area contributed by atoms with Gasteiger partial charge in [-0.1, -0.05) is 25.1 Å². The van der Waals surface area contributed by atoms with Gasteiger partial charge in [-0.3, -0.25) is 4.79 Å². The number of benzene rings is 1. The number of para-hydroxylation sites is 1. The summed E-state index contributed by atoms with van der Waals surface area (Å²) in [6, 6.07) is 7.92. The van der Waals surface area contributed by atoms with E-state index in [0.717, 1.165) is 23.2 Å². The standard InChI is InChI=1S/C17H22N4O/c1-5-13-8-6-7-12(4)16(13)21-17(22)14-9-15(19-10-18-14)20-11(2)3/h6-11H,5H2,1-4H3,(H,21,22)(H,18,19,20). The van der Waals surface area contributed by atoms with Crippen LogP contribution < -0.4 is 10.6 Å². The molecule has 1 amide bonds. The second-order valence-corrected chi connectivity index (χ2v) is 5.50. The van der Waals surface area contributed by atoms with Gasteiger partial charge >= 0.3 is 0 Å². The maximum Gasteiger partial charge on any atom is 0.274 e. The van der Waals surface area contributed by atoms with Crippen molar-refractivity contribution in [1.29, 1.82) is 0 Å². The summed E-state index contributed by atoms with van der Waals surface area (Å²) in [6.07, 6.45) is 2.26. The second-order valence-electron chi connectivity index (χ2n) is 5.50. The number of nitrogens with one attached hydrogen (secondary N) is 2. The Kier molecular flexibility index (Phi) is 5.09. The molecule has 0 fully saturated rings. The minimum absolute atomic E-state index is 0.224. The number of hydrogen-bond donors (Lipinski definition) is 2. The molecule has 0 unspecified atom stereocenters. The minimum Gasteiger partial charge on any atom is -0.368 e. The van der Waals surface area contributed by atoms with Crippen LogP contribution in [0.5, 0.6) is 0 Å². The minimum atomic E-state index is -0.224. The molecule has 0 spiro atoms. The highest BCUT2D eigenvalue weighted by Gasteiger charge is 2.13. The predicted octanol–water partition coefficient (Wildman–Crippen LogP) is 3.42. The maximum atomic E-state index is 12.4. The van der Waals surface area contributed by atoms with Gasteiger partial charge in [0.1, 0.15) is 17.8 Å². The van der Waals surface area contributed by atoms with Gasteiger partial charge < -0.3 is 10.6 Å². The summed E-state index contributed by atoms with van der Waals surface area (Å²) >= 11 is 0. The molecule has 1 heterocycles. The summed E-state index contributed by atoms with van der Waals surface area (Å²) in [5.74, 6) is 0.425. The topological polar surface area (TPSA) is 66.9 Å². The van der Waals surface area contributed by atoms with E-state index in [0.29, 0.717) is 11.5 Å². The van der Waals surface area contributed by atoms with E-state index in [9.17, 15) is 4.79 Å². The normalized spacial score (nSPS) is 10.6. The van der Waals surface area contributed by atoms with Crippen molar-refractivity contribution >= 4 is 17.4 Å².